The summed E-state index contributed by atoms with van der Waals surface area (Å²) < 4.78 is 24.5. The molecule has 0 aromatic heterocycles. The van der Waals surface area contributed by atoms with Crippen molar-refractivity contribution in [2.24, 2.45) is 11.3 Å². The average Bonchev–Trinajstić information content (AvgIpc) is 3.18. The van der Waals surface area contributed by atoms with Gasteiger partial charge in [-0.25, -0.2) is 8.42 Å². The van der Waals surface area contributed by atoms with Gasteiger partial charge >= 0.3 is 5.97 Å². The first kappa shape index (κ1) is 16.7. The quantitative estimate of drug-likeness (QED) is 0.816. The number of sulfone groups is 1. The Morgan fingerprint density at radius 1 is 1.13 bits per heavy atom. The molecule has 1 aliphatic heterocycles. The molecule has 3 rings (SSSR count). The summed E-state index contributed by atoms with van der Waals surface area (Å²) in [4.78, 5) is 25.6. The van der Waals surface area contributed by atoms with E-state index in [0.29, 0.717) is 25.8 Å². The third-order valence-electron chi connectivity index (χ3n) is 6.06. The van der Waals surface area contributed by atoms with E-state index in [1.165, 1.54) is 0 Å². The van der Waals surface area contributed by atoms with Gasteiger partial charge < -0.3 is 10.0 Å². The van der Waals surface area contributed by atoms with Crippen LogP contribution in [0.25, 0.3) is 0 Å². The molecular weight excluding hydrogens is 318 g/mol. The van der Waals surface area contributed by atoms with E-state index in [0.717, 1.165) is 25.7 Å². The lowest BCUT2D eigenvalue weighted by atomic mass is 9.81. The fourth-order valence-electron chi connectivity index (χ4n) is 4.63. The van der Waals surface area contributed by atoms with E-state index in [4.69, 9.17) is 0 Å². The highest BCUT2D eigenvalue weighted by Gasteiger charge is 2.55. The molecule has 0 bridgehead atoms. The Morgan fingerprint density at radius 2 is 1.83 bits per heavy atom. The fourth-order valence-corrected chi connectivity index (χ4v) is 6.47. The Bertz CT molecular complexity index is 596. The average molecular weight is 343 g/mol. The van der Waals surface area contributed by atoms with E-state index < -0.39 is 21.2 Å². The monoisotopic (exact) mass is 343 g/mol. The van der Waals surface area contributed by atoms with Crippen LogP contribution in [0.5, 0.6) is 0 Å². The van der Waals surface area contributed by atoms with Crippen molar-refractivity contribution in [2.75, 3.05) is 18.8 Å². The number of fused-ring (bicyclic) bond motifs is 1. The molecule has 2 aliphatic carbocycles. The number of carbonyl (C=O) groups excluding carboxylic acids is 1. The Labute approximate surface area is 137 Å². The van der Waals surface area contributed by atoms with Gasteiger partial charge in [-0.3, -0.25) is 9.59 Å². The molecule has 2 saturated carbocycles. The van der Waals surface area contributed by atoms with Crippen LogP contribution in [0.15, 0.2) is 0 Å². The summed E-state index contributed by atoms with van der Waals surface area (Å²) in [7, 11) is -3.20. The van der Waals surface area contributed by atoms with Crippen LogP contribution in [0.3, 0.4) is 0 Å². The third-order valence-corrected chi connectivity index (χ3v) is 8.32. The number of nitrogens with zero attached hydrogens (tertiary/aromatic N) is 1. The molecule has 0 aromatic carbocycles. The SMILES string of the molecule is O=C(CCS(=O)(=O)C1CCCC1)N1C[C@@H]2CCC[C@@]2(C(=O)O)C1. The Morgan fingerprint density at radius 3 is 2.43 bits per heavy atom. The van der Waals surface area contributed by atoms with E-state index in [1.807, 2.05) is 0 Å². The normalized spacial score (nSPS) is 31.5. The Balaban J connectivity index is 1.58. The van der Waals surface area contributed by atoms with E-state index in [-0.39, 0.29) is 35.8 Å². The number of hydrogen-bond acceptors (Lipinski definition) is 4. The van der Waals surface area contributed by atoms with Crippen LogP contribution in [-0.2, 0) is 19.4 Å². The molecule has 0 radical (unpaired) electrons. The molecule has 0 unspecified atom stereocenters. The second-order valence-electron chi connectivity index (χ2n) is 7.35. The van der Waals surface area contributed by atoms with Crippen LogP contribution in [0.1, 0.15) is 51.4 Å². The first-order chi connectivity index (χ1) is 10.8. The van der Waals surface area contributed by atoms with Crippen molar-refractivity contribution in [3.63, 3.8) is 0 Å². The largest absolute Gasteiger partial charge is 0.481 e. The summed E-state index contributed by atoms with van der Waals surface area (Å²) in [6.45, 7) is 0.712. The molecule has 1 saturated heterocycles. The molecule has 0 spiro atoms. The number of rotatable bonds is 5. The van der Waals surface area contributed by atoms with Crippen LogP contribution in [0.2, 0.25) is 0 Å². The topological polar surface area (TPSA) is 91.8 Å². The highest BCUT2D eigenvalue weighted by atomic mass is 32.2. The number of carboxylic acids is 1. The maximum atomic E-state index is 12.4. The number of carbonyl (C=O) groups is 2. The summed E-state index contributed by atoms with van der Waals surface area (Å²) in [5.41, 5.74) is -0.792. The van der Waals surface area contributed by atoms with E-state index in [9.17, 15) is 23.1 Å². The predicted molar refractivity (Wildman–Crippen MR) is 84.6 cm³/mol. The summed E-state index contributed by atoms with van der Waals surface area (Å²) in [6, 6.07) is 0. The second kappa shape index (κ2) is 6.07. The molecule has 2 atom stereocenters. The summed E-state index contributed by atoms with van der Waals surface area (Å²) in [6.07, 6.45) is 5.68. The molecule has 1 amide bonds. The molecular formula is C16H25NO5S. The molecule has 3 aliphatic rings. The lowest BCUT2D eigenvalue weighted by Crippen LogP contribution is -2.37. The Kier molecular flexibility index (Phi) is 4.42. The molecule has 23 heavy (non-hydrogen) atoms. The highest BCUT2D eigenvalue weighted by Crippen LogP contribution is 2.49. The molecule has 130 valence electrons. The van der Waals surface area contributed by atoms with Crippen molar-refractivity contribution in [1.82, 2.24) is 4.90 Å². The van der Waals surface area contributed by atoms with Crippen molar-refractivity contribution in [3.05, 3.63) is 0 Å². The Hall–Kier alpha value is -1.11. The van der Waals surface area contributed by atoms with E-state index in [2.05, 4.69) is 0 Å². The standard InChI is InChI=1S/C16H25NO5S/c18-14(7-9-23(21,22)13-5-1-2-6-13)17-10-12-4-3-8-16(12,11-17)15(19)20/h12-13H,1-11H2,(H,19,20)/t12-,16+/m0/s1. The second-order valence-corrected chi connectivity index (χ2v) is 9.75. The minimum absolute atomic E-state index is 0.0126. The first-order valence-corrected chi connectivity index (χ1v) is 10.3. The van der Waals surface area contributed by atoms with Crippen molar-refractivity contribution >= 4 is 21.7 Å². The van der Waals surface area contributed by atoms with Gasteiger partial charge in [-0.15, -0.1) is 0 Å². The van der Waals surface area contributed by atoms with Gasteiger partial charge in [0.05, 0.1) is 16.4 Å². The number of aliphatic carboxylic acids is 1. The van der Waals surface area contributed by atoms with Gasteiger partial charge in [-0.1, -0.05) is 19.3 Å². The smallest absolute Gasteiger partial charge is 0.311 e. The summed E-state index contributed by atoms with van der Waals surface area (Å²) in [5.74, 6) is -1.09. The number of likely N-dealkylation sites (tertiary alicyclic amines) is 1. The minimum atomic E-state index is -3.20. The van der Waals surface area contributed by atoms with Gasteiger partial charge in [0.2, 0.25) is 5.91 Å². The van der Waals surface area contributed by atoms with Gasteiger partial charge in [0, 0.05) is 19.5 Å². The van der Waals surface area contributed by atoms with Gasteiger partial charge in [-0.2, -0.15) is 0 Å². The zero-order valence-electron chi connectivity index (χ0n) is 13.4. The van der Waals surface area contributed by atoms with Gasteiger partial charge in [0.25, 0.3) is 0 Å². The zero-order chi connectivity index (χ0) is 16.7. The van der Waals surface area contributed by atoms with Crippen LogP contribution in [0.4, 0.5) is 0 Å². The van der Waals surface area contributed by atoms with Gasteiger partial charge in [0.15, 0.2) is 9.84 Å². The van der Waals surface area contributed by atoms with E-state index in [1.54, 1.807) is 4.90 Å². The summed E-state index contributed by atoms with van der Waals surface area (Å²) >= 11 is 0. The van der Waals surface area contributed by atoms with Crippen LogP contribution >= 0.6 is 0 Å². The number of carboxylic acid groups (broad SMARTS) is 1. The van der Waals surface area contributed by atoms with E-state index >= 15 is 0 Å². The zero-order valence-corrected chi connectivity index (χ0v) is 14.2. The highest BCUT2D eigenvalue weighted by molar-refractivity contribution is 7.92. The van der Waals surface area contributed by atoms with Gasteiger partial charge in [-0.05, 0) is 31.6 Å². The van der Waals surface area contributed by atoms with Crippen LogP contribution in [-0.4, -0.2) is 54.4 Å². The van der Waals surface area contributed by atoms with Crippen molar-refractivity contribution in [3.8, 4) is 0 Å². The lowest BCUT2D eigenvalue weighted by Gasteiger charge is -2.23. The van der Waals surface area contributed by atoms with Crippen molar-refractivity contribution < 1.29 is 23.1 Å². The lowest BCUT2D eigenvalue weighted by molar-refractivity contribution is -0.149. The third kappa shape index (κ3) is 2.99. The predicted octanol–water partition coefficient (Wildman–Crippen LogP) is 1.45. The minimum Gasteiger partial charge on any atom is -0.481 e. The maximum Gasteiger partial charge on any atom is 0.311 e. The van der Waals surface area contributed by atoms with Crippen LogP contribution in [0, 0.1) is 11.3 Å². The van der Waals surface area contributed by atoms with Gasteiger partial charge in [0.1, 0.15) is 0 Å². The maximum absolute atomic E-state index is 12.4. The van der Waals surface area contributed by atoms with Crippen molar-refractivity contribution in [2.45, 2.75) is 56.6 Å². The van der Waals surface area contributed by atoms with Crippen LogP contribution < -0.4 is 0 Å². The fraction of sp³-hybridized carbons (Fsp3) is 0.875. The summed E-state index contributed by atoms with van der Waals surface area (Å²) in [5, 5.41) is 9.26. The molecule has 1 heterocycles. The first-order valence-electron chi connectivity index (χ1n) is 8.58. The molecule has 0 aromatic rings. The van der Waals surface area contributed by atoms with Crippen molar-refractivity contribution in [1.29, 1.82) is 0 Å². The molecule has 1 N–H and O–H groups in total. The number of hydrogen-bond donors (Lipinski definition) is 1. The molecule has 3 fully saturated rings. The molecule has 6 nitrogen and oxygen atoms in total. The number of amides is 1. The molecule has 7 heteroatoms.